The minimum atomic E-state index is -4.07. The van der Waals surface area contributed by atoms with Crippen LogP contribution >= 0.6 is 0 Å². The zero-order chi connectivity index (χ0) is 27.0. The van der Waals surface area contributed by atoms with E-state index in [0.717, 1.165) is 11.1 Å². The lowest BCUT2D eigenvalue weighted by Crippen LogP contribution is -2.39. The van der Waals surface area contributed by atoms with E-state index >= 15 is 0 Å². The second-order valence-corrected chi connectivity index (χ2v) is 10.6. The molecule has 4 aromatic carbocycles. The van der Waals surface area contributed by atoms with Crippen molar-refractivity contribution in [3.8, 4) is 17.2 Å². The fraction of sp³-hybridized carbons (Fsp3) is 0.167. The van der Waals surface area contributed by atoms with Gasteiger partial charge in [-0.2, -0.15) is 4.31 Å². The largest absolute Gasteiger partial charge is 0.495 e. The van der Waals surface area contributed by atoms with Crippen LogP contribution in [0.1, 0.15) is 11.1 Å². The number of methoxy groups -OCH3 is 1. The predicted octanol–water partition coefficient (Wildman–Crippen LogP) is 5.67. The Hall–Kier alpha value is -4.14. The van der Waals surface area contributed by atoms with Crippen LogP contribution in [0.15, 0.2) is 108 Å². The van der Waals surface area contributed by atoms with Gasteiger partial charge in [-0.25, -0.2) is 8.42 Å². The van der Waals surface area contributed by atoms with E-state index < -0.39 is 15.9 Å². The maximum absolute atomic E-state index is 13.8. The van der Waals surface area contributed by atoms with Crippen molar-refractivity contribution in [2.75, 3.05) is 25.5 Å². The average Bonchev–Trinajstić information content (AvgIpc) is 2.93. The number of amides is 1. The van der Waals surface area contributed by atoms with Crippen molar-refractivity contribution in [3.63, 3.8) is 0 Å². The molecule has 0 aliphatic rings. The van der Waals surface area contributed by atoms with E-state index in [1.54, 1.807) is 42.5 Å². The lowest BCUT2D eigenvalue weighted by Gasteiger charge is -2.23. The van der Waals surface area contributed by atoms with Crippen molar-refractivity contribution in [2.45, 2.75) is 18.2 Å². The van der Waals surface area contributed by atoms with Crippen LogP contribution in [0.4, 0.5) is 5.69 Å². The molecule has 0 aliphatic heterocycles. The molecule has 0 atom stereocenters. The Morgan fingerprint density at radius 2 is 1.50 bits per heavy atom. The second kappa shape index (κ2) is 12.4. The number of nitrogens with zero attached hydrogens (tertiary/aromatic N) is 1. The Balaban J connectivity index is 1.59. The molecule has 0 fully saturated rings. The summed E-state index contributed by atoms with van der Waals surface area (Å²) >= 11 is 0. The van der Waals surface area contributed by atoms with Crippen molar-refractivity contribution in [1.29, 1.82) is 0 Å². The predicted molar refractivity (Wildman–Crippen MR) is 148 cm³/mol. The van der Waals surface area contributed by atoms with Crippen LogP contribution in [0, 0.1) is 6.92 Å². The smallest absolute Gasteiger partial charge is 0.247 e. The summed E-state index contributed by atoms with van der Waals surface area (Å²) in [5.74, 6) is 0.804. The van der Waals surface area contributed by atoms with Gasteiger partial charge >= 0.3 is 0 Å². The van der Waals surface area contributed by atoms with Crippen molar-refractivity contribution in [1.82, 2.24) is 4.31 Å². The first-order chi connectivity index (χ1) is 18.4. The number of rotatable bonds is 11. The molecule has 0 unspecified atom stereocenters. The third kappa shape index (κ3) is 6.79. The monoisotopic (exact) mass is 530 g/mol. The summed E-state index contributed by atoms with van der Waals surface area (Å²) in [6, 6.07) is 30.7. The zero-order valence-corrected chi connectivity index (χ0v) is 22.1. The summed E-state index contributed by atoms with van der Waals surface area (Å²) in [7, 11) is -2.64. The van der Waals surface area contributed by atoms with Crippen LogP contribution in [-0.2, 0) is 21.2 Å². The maximum atomic E-state index is 13.8. The van der Waals surface area contributed by atoms with Gasteiger partial charge in [-0.1, -0.05) is 66.7 Å². The van der Waals surface area contributed by atoms with Gasteiger partial charge in [-0.3, -0.25) is 4.79 Å². The summed E-state index contributed by atoms with van der Waals surface area (Å²) < 4.78 is 40.1. The number of ether oxygens (including phenoxy) is 2. The van der Waals surface area contributed by atoms with E-state index in [4.69, 9.17) is 9.47 Å². The number of carbonyl (C=O) groups excluding carboxylic acids is 1. The molecular formula is C30H30N2O5S. The third-order valence-corrected chi connectivity index (χ3v) is 7.75. The van der Waals surface area contributed by atoms with Gasteiger partial charge in [0.25, 0.3) is 0 Å². The second-order valence-electron chi connectivity index (χ2n) is 8.69. The number of hydrogen-bond acceptors (Lipinski definition) is 5. The molecule has 4 rings (SSSR count). The average molecular weight is 531 g/mol. The first-order valence-electron chi connectivity index (χ1n) is 12.2. The van der Waals surface area contributed by atoms with Crippen LogP contribution < -0.4 is 14.8 Å². The number of para-hydroxylation sites is 3. The van der Waals surface area contributed by atoms with E-state index in [1.165, 1.54) is 11.4 Å². The number of benzene rings is 4. The quantitative estimate of drug-likeness (QED) is 0.270. The minimum absolute atomic E-state index is 0.0219. The lowest BCUT2D eigenvalue weighted by atomic mass is 10.1. The van der Waals surface area contributed by atoms with Crippen LogP contribution in [0.2, 0.25) is 0 Å². The SMILES string of the molecule is COc1ccc(C)cc1S(=O)(=O)N(CCc1ccccc1)CC(=O)Nc1ccccc1Oc1ccccc1. The summed E-state index contributed by atoms with van der Waals surface area (Å²) in [6.45, 7) is 1.54. The fourth-order valence-corrected chi connectivity index (χ4v) is 5.57. The molecule has 7 nitrogen and oxygen atoms in total. The van der Waals surface area contributed by atoms with Crippen LogP contribution in [-0.4, -0.2) is 38.8 Å². The third-order valence-electron chi connectivity index (χ3n) is 5.88. The molecule has 0 spiro atoms. The molecule has 0 aliphatic carbocycles. The lowest BCUT2D eigenvalue weighted by molar-refractivity contribution is -0.116. The number of hydrogen-bond donors (Lipinski definition) is 1. The Morgan fingerprint density at radius 3 is 2.21 bits per heavy atom. The van der Waals surface area contributed by atoms with Crippen molar-refractivity contribution >= 4 is 21.6 Å². The van der Waals surface area contributed by atoms with E-state index in [-0.39, 0.29) is 23.7 Å². The highest BCUT2D eigenvalue weighted by molar-refractivity contribution is 7.89. The molecule has 0 heterocycles. The van der Waals surface area contributed by atoms with E-state index in [1.807, 2.05) is 67.6 Å². The summed E-state index contributed by atoms with van der Waals surface area (Å²) in [5.41, 5.74) is 2.17. The minimum Gasteiger partial charge on any atom is -0.495 e. The first kappa shape index (κ1) is 26.9. The summed E-state index contributed by atoms with van der Waals surface area (Å²) in [6.07, 6.45) is 0.440. The van der Waals surface area contributed by atoms with Crippen LogP contribution in [0.5, 0.6) is 17.2 Å². The Bertz CT molecular complexity index is 1480. The highest BCUT2D eigenvalue weighted by Gasteiger charge is 2.30. The number of aryl methyl sites for hydroxylation is 1. The van der Waals surface area contributed by atoms with Gasteiger partial charge in [0.2, 0.25) is 15.9 Å². The van der Waals surface area contributed by atoms with Gasteiger partial charge in [-0.15, -0.1) is 0 Å². The van der Waals surface area contributed by atoms with E-state index in [9.17, 15) is 13.2 Å². The van der Waals surface area contributed by atoms with E-state index in [2.05, 4.69) is 5.32 Å². The molecule has 1 N–H and O–H groups in total. The van der Waals surface area contributed by atoms with Gasteiger partial charge in [0.05, 0.1) is 19.3 Å². The number of anilines is 1. The molecular weight excluding hydrogens is 500 g/mol. The molecule has 0 aromatic heterocycles. The zero-order valence-electron chi connectivity index (χ0n) is 21.3. The molecule has 196 valence electrons. The fourth-order valence-electron chi connectivity index (χ4n) is 3.93. The number of sulfonamides is 1. The van der Waals surface area contributed by atoms with E-state index in [0.29, 0.717) is 23.6 Å². The van der Waals surface area contributed by atoms with Crippen molar-refractivity contribution in [3.05, 3.63) is 114 Å². The van der Waals surface area contributed by atoms with Crippen LogP contribution in [0.25, 0.3) is 0 Å². The molecule has 4 aromatic rings. The number of carbonyl (C=O) groups is 1. The normalized spacial score (nSPS) is 11.2. The molecule has 1 amide bonds. The molecule has 0 radical (unpaired) electrons. The number of nitrogens with one attached hydrogen (secondary N) is 1. The highest BCUT2D eigenvalue weighted by atomic mass is 32.2. The van der Waals surface area contributed by atoms with Crippen molar-refractivity contribution in [2.24, 2.45) is 0 Å². The Morgan fingerprint density at radius 1 is 0.842 bits per heavy atom. The Kier molecular flexibility index (Phi) is 8.78. The van der Waals surface area contributed by atoms with Crippen LogP contribution in [0.3, 0.4) is 0 Å². The Labute approximate surface area is 223 Å². The molecule has 8 heteroatoms. The first-order valence-corrected chi connectivity index (χ1v) is 13.6. The highest BCUT2D eigenvalue weighted by Crippen LogP contribution is 2.30. The van der Waals surface area contributed by atoms with Crippen molar-refractivity contribution < 1.29 is 22.7 Å². The molecule has 38 heavy (non-hydrogen) atoms. The summed E-state index contributed by atoms with van der Waals surface area (Å²) in [5, 5.41) is 2.82. The van der Waals surface area contributed by atoms with Gasteiger partial charge in [0.1, 0.15) is 16.4 Å². The van der Waals surface area contributed by atoms with Gasteiger partial charge in [-0.05, 0) is 60.9 Å². The van der Waals surface area contributed by atoms with Gasteiger partial charge in [0.15, 0.2) is 5.75 Å². The summed E-state index contributed by atoms with van der Waals surface area (Å²) in [4.78, 5) is 13.3. The topological polar surface area (TPSA) is 84.9 Å². The van der Waals surface area contributed by atoms with Gasteiger partial charge < -0.3 is 14.8 Å². The molecule has 0 bridgehead atoms. The molecule has 0 saturated carbocycles. The molecule has 0 saturated heterocycles. The standard InChI is InChI=1S/C30H30N2O5S/c1-23-17-18-28(36-2)29(21-23)38(34,35)32(20-19-24-11-5-3-6-12-24)22-30(33)31-26-15-9-10-16-27(26)37-25-13-7-4-8-14-25/h3-18,21H,19-20,22H2,1-2H3,(H,31,33). The maximum Gasteiger partial charge on any atom is 0.247 e. The van der Waals surface area contributed by atoms with Gasteiger partial charge in [0, 0.05) is 6.54 Å².